The summed E-state index contributed by atoms with van der Waals surface area (Å²) in [4.78, 5) is 18.3. The van der Waals surface area contributed by atoms with E-state index in [2.05, 4.69) is 70.9 Å². The lowest BCUT2D eigenvalue weighted by atomic mass is 9.82. The molecule has 0 radical (unpaired) electrons. The molecule has 1 saturated heterocycles. The van der Waals surface area contributed by atoms with Gasteiger partial charge in [-0.3, -0.25) is 9.69 Å². The normalized spacial score (nSPS) is 20.0. The Labute approximate surface area is 196 Å². The van der Waals surface area contributed by atoms with Gasteiger partial charge < -0.3 is 14.2 Å². The van der Waals surface area contributed by atoms with E-state index in [9.17, 15) is 4.79 Å². The summed E-state index contributed by atoms with van der Waals surface area (Å²) >= 11 is 0. The van der Waals surface area contributed by atoms with E-state index in [1.165, 1.54) is 23.2 Å². The van der Waals surface area contributed by atoms with Crippen LogP contribution < -0.4 is 10.3 Å². The Hall–Kier alpha value is -2.89. The maximum absolute atomic E-state index is 13.6. The van der Waals surface area contributed by atoms with Crippen LogP contribution in [0.25, 0.3) is 11.1 Å². The largest absolute Gasteiger partial charge is 0.497 e. The molecule has 3 aromatic rings. The zero-order chi connectivity index (χ0) is 22.9. The van der Waals surface area contributed by atoms with Gasteiger partial charge in [0.15, 0.2) is 0 Å². The summed E-state index contributed by atoms with van der Waals surface area (Å²) in [5.74, 6) is 1.82. The highest BCUT2D eigenvalue weighted by Gasteiger charge is 2.35. The Morgan fingerprint density at radius 2 is 1.73 bits per heavy atom. The van der Waals surface area contributed by atoms with Gasteiger partial charge in [0.1, 0.15) is 5.75 Å². The molecule has 172 valence electrons. The molecule has 2 atom stereocenters. The lowest BCUT2D eigenvalue weighted by Crippen LogP contribution is -2.46. The van der Waals surface area contributed by atoms with Gasteiger partial charge in [0.05, 0.1) is 7.11 Å². The van der Waals surface area contributed by atoms with Gasteiger partial charge in [-0.15, -0.1) is 0 Å². The van der Waals surface area contributed by atoms with Gasteiger partial charge in [0, 0.05) is 49.9 Å². The molecule has 3 heterocycles. The first kappa shape index (κ1) is 21.9. The number of hydrogen-bond acceptors (Lipinski definition) is 4. The van der Waals surface area contributed by atoms with Crippen LogP contribution in [-0.4, -0.2) is 48.7 Å². The Balaban J connectivity index is 1.40. The molecule has 2 aliphatic heterocycles. The van der Waals surface area contributed by atoms with E-state index in [4.69, 9.17) is 4.74 Å². The smallest absolute Gasteiger partial charge is 0.258 e. The SMILES string of the molecule is COc1ccc(CN2CC3CC(C2)c2ccc(-c4ccccc4CN(C)C)c(=O)n2C3)cc1. The van der Waals surface area contributed by atoms with Crippen molar-refractivity contribution in [2.45, 2.75) is 32.0 Å². The summed E-state index contributed by atoms with van der Waals surface area (Å²) < 4.78 is 7.36. The minimum absolute atomic E-state index is 0.164. The molecule has 1 fully saturated rings. The molecule has 2 unspecified atom stereocenters. The van der Waals surface area contributed by atoms with Crippen molar-refractivity contribution in [1.29, 1.82) is 0 Å². The third-order valence-electron chi connectivity index (χ3n) is 7.04. The van der Waals surface area contributed by atoms with Gasteiger partial charge in [-0.2, -0.15) is 0 Å². The number of benzene rings is 2. The van der Waals surface area contributed by atoms with E-state index < -0.39 is 0 Å². The minimum Gasteiger partial charge on any atom is -0.497 e. The van der Waals surface area contributed by atoms with Gasteiger partial charge in [-0.05, 0) is 67.4 Å². The minimum atomic E-state index is 0.164. The zero-order valence-electron chi connectivity index (χ0n) is 19.8. The first-order valence-electron chi connectivity index (χ1n) is 11.8. The van der Waals surface area contributed by atoms with Crippen molar-refractivity contribution < 1.29 is 4.74 Å². The van der Waals surface area contributed by atoms with Crippen molar-refractivity contribution >= 4 is 0 Å². The number of piperidine rings is 1. The second kappa shape index (κ2) is 9.16. The monoisotopic (exact) mass is 443 g/mol. The van der Waals surface area contributed by atoms with Crippen LogP contribution in [0, 0.1) is 5.92 Å². The lowest BCUT2D eigenvalue weighted by Gasteiger charge is -2.43. The van der Waals surface area contributed by atoms with Crippen molar-refractivity contribution in [1.82, 2.24) is 14.4 Å². The predicted octanol–water partition coefficient (Wildman–Crippen LogP) is 4.20. The van der Waals surface area contributed by atoms with Crippen LogP contribution in [0.4, 0.5) is 0 Å². The number of pyridine rings is 1. The van der Waals surface area contributed by atoms with Crippen LogP contribution in [0.2, 0.25) is 0 Å². The van der Waals surface area contributed by atoms with Gasteiger partial charge in [-0.1, -0.05) is 36.4 Å². The second-order valence-electron chi connectivity index (χ2n) is 9.82. The maximum atomic E-state index is 13.6. The summed E-state index contributed by atoms with van der Waals surface area (Å²) in [6, 6.07) is 20.9. The molecule has 0 saturated carbocycles. The Kier molecular flexibility index (Phi) is 6.09. The Bertz CT molecular complexity index is 1180. The molecule has 2 bridgehead atoms. The van der Waals surface area contributed by atoms with Crippen LogP contribution in [0.1, 0.15) is 29.2 Å². The molecule has 0 amide bonds. The standard InChI is InChI=1S/C28H33N3O2/c1-29(2)18-22-6-4-5-7-25(22)26-12-13-27-23-14-21(17-31(27)28(26)32)16-30(19-23)15-20-8-10-24(33-3)11-9-20/h4-13,21,23H,14-19H2,1-3H3. The number of likely N-dealkylation sites (tertiary alicyclic amines) is 1. The van der Waals surface area contributed by atoms with Crippen LogP contribution in [0.5, 0.6) is 5.75 Å². The number of rotatable bonds is 6. The third kappa shape index (κ3) is 4.48. The summed E-state index contributed by atoms with van der Waals surface area (Å²) in [5.41, 5.74) is 5.75. The number of nitrogens with zero attached hydrogens (tertiary/aromatic N) is 3. The molecule has 2 aromatic carbocycles. The van der Waals surface area contributed by atoms with Gasteiger partial charge in [-0.25, -0.2) is 0 Å². The fraction of sp³-hybridized carbons (Fsp3) is 0.393. The number of aromatic nitrogens is 1. The topological polar surface area (TPSA) is 37.7 Å². The number of methoxy groups -OCH3 is 1. The molecule has 1 aromatic heterocycles. The van der Waals surface area contributed by atoms with Gasteiger partial charge in [0.25, 0.3) is 5.56 Å². The lowest BCUT2D eigenvalue weighted by molar-refractivity contribution is 0.114. The van der Waals surface area contributed by atoms with E-state index >= 15 is 0 Å². The van der Waals surface area contributed by atoms with E-state index in [0.29, 0.717) is 11.8 Å². The van der Waals surface area contributed by atoms with E-state index in [1.54, 1.807) is 7.11 Å². The molecule has 2 aliphatic rings. The van der Waals surface area contributed by atoms with E-state index in [0.717, 1.165) is 49.6 Å². The highest BCUT2D eigenvalue weighted by Crippen LogP contribution is 2.36. The average molecular weight is 444 g/mol. The molecule has 5 heteroatoms. The fourth-order valence-electron chi connectivity index (χ4n) is 5.63. The van der Waals surface area contributed by atoms with Crippen molar-refractivity contribution in [2.24, 2.45) is 5.92 Å². The fourth-order valence-corrected chi connectivity index (χ4v) is 5.63. The number of ether oxygens (including phenoxy) is 1. The first-order chi connectivity index (χ1) is 16.0. The van der Waals surface area contributed by atoms with Gasteiger partial charge >= 0.3 is 0 Å². The Morgan fingerprint density at radius 3 is 2.48 bits per heavy atom. The molecular formula is C28H33N3O2. The Morgan fingerprint density at radius 1 is 0.939 bits per heavy atom. The average Bonchev–Trinajstić information content (AvgIpc) is 2.80. The van der Waals surface area contributed by atoms with Crippen LogP contribution in [-0.2, 0) is 19.6 Å². The van der Waals surface area contributed by atoms with Crippen molar-refractivity contribution in [3.05, 3.63) is 87.8 Å². The molecule has 0 aliphatic carbocycles. The predicted molar refractivity (Wildman–Crippen MR) is 133 cm³/mol. The van der Waals surface area contributed by atoms with Crippen LogP contribution >= 0.6 is 0 Å². The first-order valence-corrected chi connectivity index (χ1v) is 11.8. The van der Waals surface area contributed by atoms with Gasteiger partial charge in [0.2, 0.25) is 0 Å². The summed E-state index contributed by atoms with van der Waals surface area (Å²) in [6.45, 7) is 4.61. The number of hydrogen-bond donors (Lipinski definition) is 0. The quantitative estimate of drug-likeness (QED) is 0.572. The number of fused-ring (bicyclic) bond motifs is 4. The molecular weight excluding hydrogens is 410 g/mol. The van der Waals surface area contributed by atoms with Crippen LogP contribution in [0.3, 0.4) is 0 Å². The van der Waals surface area contributed by atoms with E-state index in [1.807, 2.05) is 18.2 Å². The summed E-state index contributed by atoms with van der Waals surface area (Å²) in [5, 5.41) is 0. The van der Waals surface area contributed by atoms with Crippen molar-refractivity contribution in [3.8, 4) is 16.9 Å². The highest BCUT2D eigenvalue weighted by molar-refractivity contribution is 5.66. The maximum Gasteiger partial charge on any atom is 0.258 e. The van der Waals surface area contributed by atoms with Crippen molar-refractivity contribution in [2.75, 3.05) is 34.3 Å². The summed E-state index contributed by atoms with van der Waals surface area (Å²) in [7, 11) is 5.83. The second-order valence-corrected chi connectivity index (χ2v) is 9.82. The molecule has 5 rings (SSSR count). The van der Waals surface area contributed by atoms with Crippen molar-refractivity contribution in [3.63, 3.8) is 0 Å². The summed E-state index contributed by atoms with van der Waals surface area (Å²) in [6.07, 6.45) is 1.18. The highest BCUT2D eigenvalue weighted by atomic mass is 16.5. The van der Waals surface area contributed by atoms with Crippen LogP contribution in [0.15, 0.2) is 65.5 Å². The third-order valence-corrected chi connectivity index (χ3v) is 7.04. The molecule has 0 N–H and O–H groups in total. The molecule has 5 nitrogen and oxygen atoms in total. The molecule has 0 spiro atoms. The zero-order valence-corrected chi connectivity index (χ0v) is 19.8. The van der Waals surface area contributed by atoms with E-state index in [-0.39, 0.29) is 5.56 Å². The molecule has 33 heavy (non-hydrogen) atoms.